The lowest BCUT2D eigenvalue weighted by molar-refractivity contribution is 0.560. The third-order valence-electron chi connectivity index (χ3n) is 3.43. The van der Waals surface area contributed by atoms with E-state index in [1.165, 1.54) is 0 Å². The van der Waals surface area contributed by atoms with E-state index < -0.39 is 10.0 Å². The second-order valence-corrected chi connectivity index (χ2v) is 7.12. The molecule has 0 aliphatic rings. The molecule has 0 aliphatic heterocycles. The third-order valence-corrected chi connectivity index (χ3v) is 4.79. The van der Waals surface area contributed by atoms with Crippen LogP contribution in [0.2, 0.25) is 0 Å². The van der Waals surface area contributed by atoms with Crippen molar-refractivity contribution in [1.29, 1.82) is 0 Å². The van der Waals surface area contributed by atoms with Gasteiger partial charge in [-0.1, -0.05) is 36.4 Å². The van der Waals surface area contributed by atoms with Crippen LogP contribution in [0, 0.1) is 0 Å². The summed E-state index contributed by atoms with van der Waals surface area (Å²) in [5.41, 5.74) is 2.32. The summed E-state index contributed by atoms with van der Waals surface area (Å²) in [6.45, 7) is 0.749. The fourth-order valence-electron chi connectivity index (χ4n) is 2.30. The van der Waals surface area contributed by atoms with Crippen molar-refractivity contribution in [3.05, 3.63) is 72.6 Å². The third kappa shape index (κ3) is 4.50. The first-order chi connectivity index (χ1) is 11.6. The lowest BCUT2D eigenvalue weighted by Crippen LogP contribution is -2.28. The van der Waals surface area contributed by atoms with E-state index in [1.807, 2.05) is 48.7 Å². The van der Waals surface area contributed by atoms with Crippen LogP contribution in [0.15, 0.2) is 67.0 Å². The average molecular weight is 342 g/mol. The molecule has 0 fully saturated rings. The van der Waals surface area contributed by atoms with Gasteiger partial charge in [0.2, 0.25) is 10.0 Å². The number of rotatable bonds is 7. The Labute approximate surface area is 141 Å². The fourth-order valence-corrected chi connectivity index (χ4v) is 3.43. The van der Waals surface area contributed by atoms with Gasteiger partial charge in [-0.2, -0.15) is 5.10 Å². The standard InChI is InChI=1S/C17H18N4O2S/c22-24(23,14-15-6-2-1-3-7-15)19-11-13-21-12-9-17(20-21)16-8-4-5-10-18-16/h1-10,12,19H,11,13-14H2. The minimum absolute atomic E-state index is 0.0217. The molecular weight excluding hydrogens is 324 g/mol. The number of sulfonamides is 1. The number of aromatic nitrogens is 3. The Balaban J connectivity index is 1.54. The molecule has 2 heterocycles. The number of pyridine rings is 1. The summed E-state index contributed by atoms with van der Waals surface area (Å²) < 4.78 is 28.4. The number of benzene rings is 1. The molecule has 0 spiro atoms. The van der Waals surface area contributed by atoms with Crippen LogP contribution in [-0.2, 0) is 22.3 Å². The van der Waals surface area contributed by atoms with E-state index in [1.54, 1.807) is 23.0 Å². The zero-order chi connectivity index (χ0) is 16.8. The highest BCUT2D eigenvalue weighted by Gasteiger charge is 2.11. The molecule has 3 rings (SSSR count). The molecular formula is C17H18N4O2S. The zero-order valence-corrected chi connectivity index (χ0v) is 13.9. The van der Waals surface area contributed by atoms with Crippen LogP contribution in [0.1, 0.15) is 5.56 Å². The van der Waals surface area contributed by atoms with Crippen LogP contribution < -0.4 is 4.72 Å². The minimum Gasteiger partial charge on any atom is -0.271 e. The van der Waals surface area contributed by atoms with Gasteiger partial charge in [0.1, 0.15) is 5.69 Å². The molecule has 124 valence electrons. The van der Waals surface area contributed by atoms with Gasteiger partial charge < -0.3 is 0 Å². The molecule has 0 saturated heterocycles. The molecule has 0 radical (unpaired) electrons. The maximum absolute atomic E-state index is 12.1. The molecule has 24 heavy (non-hydrogen) atoms. The number of nitrogens with one attached hydrogen (secondary N) is 1. The van der Waals surface area contributed by atoms with Crippen LogP contribution in [-0.4, -0.2) is 29.7 Å². The van der Waals surface area contributed by atoms with Crippen molar-refractivity contribution in [1.82, 2.24) is 19.5 Å². The molecule has 0 aliphatic carbocycles. The molecule has 1 aromatic carbocycles. The molecule has 0 amide bonds. The van der Waals surface area contributed by atoms with Gasteiger partial charge in [-0.15, -0.1) is 0 Å². The van der Waals surface area contributed by atoms with E-state index in [9.17, 15) is 8.42 Å². The average Bonchev–Trinajstić information content (AvgIpc) is 3.05. The smallest absolute Gasteiger partial charge is 0.215 e. The summed E-state index contributed by atoms with van der Waals surface area (Å²) in [6, 6.07) is 16.6. The summed E-state index contributed by atoms with van der Waals surface area (Å²) in [6.07, 6.45) is 3.53. The lowest BCUT2D eigenvalue weighted by Gasteiger charge is -2.07. The summed E-state index contributed by atoms with van der Waals surface area (Å²) in [5, 5.41) is 4.40. The van der Waals surface area contributed by atoms with E-state index >= 15 is 0 Å². The van der Waals surface area contributed by atoms with Crippen LogP contribution in [0.5, 0.6) is 0 Å². The van der Waals surface area contributed by atoms with Crippen molar-refractivity contribution in [2.75, 3.05) is 6.54 Å². The number of hydrogen-bond acceptors (Lipinski definition) is 4. The number of hydrogen-bond donors (Lipinski definition) is 1. The molecule has 0 unspecified atom stereocenters. The van der Waals surface area contributed by atoms with Crippen molar-refractivity contribution in [2.45, 2.75) is 12.3 Å². The van der Waals surface area contributed by atoms with Gasteiger partial charge in [0.05, 0.1) is 18.0 Å². The highest BCUT2D eigenvalue weighted by molar-refractivity contribution is 7.88. The molecule has 7 heteroatoms. The van der Waals surface area contributed by atoms with E-state index in [0.29, 0.717) is 13.1 Å². The van der Waals surface area contributed by atoms with Crippen molar-refractivity contribution >= 4 is 10.0 Å². The quantitative estimate of drug-likeness (QED) is 0.713. The Hall–Kier alpha value is -2.51. The van der Waals surface area contributed by atoms with Crippen molar-refractivity contribution < 1.29 is 8.42 Å². The molecule has 0 atom stereocenters. The maximum Gasteiger partial charge on any atom is 0.215 e. The topological polar surface area (TPSA) is 76.9 Å². The van der Waals surface area contributed by atoms with Gasteiger partial charge in [0, 0.05) is 18.9 Å². The normalized spacial score (nSPS) is 11.5. The van der Waals surface area contributed by atoms with Gasteiger partial charge in [-0.3, -0.25) is 9.67 Å². The molecule has 0 saturated carbocycles. The Kier molecular flexibility index (Phi) is 5.02. The molecule has 2 aromatic heterocycles. The van der Waals surface area contributed by atoms with Gasteiger partial charge in [-0.05, 0) is 23.8 Å². The van der Waals surface area contributed by atoms with E-state index in [0.717, 1.165) is 17.0 Å². The van der Waals surface area contributed by atoms with Gasteiger partial charge in [0.15, 0.2) is 0 Å². The van der Waals surface area contributed by atoms with Crippen molar-refractivity contribution in [3.63, 3.8) is 0 Å². The summed E-state index contributed by atoms with van der Waals surface area (Å²) in [4.78, 5) is 4.24. The Morgan fingerprint density at radius 1 is 0.958 bits per heavy atom. The van der Waals surface area contributed by atoms with Gasteiger partial charge >= 0.3 is 0 Å². The Bertz CT molecular complexity index is 877. The SMILES string of the molecule is O=S(=O)(Cc1ccccc1)NCCn1ccc(-c2ccccn2)n1. The monoisotopic (exact) mass is 342 g/mol. The Morgan fingerprint density at radius 2 is 1.75 bits per heavy atom. The predicted molar refractivity (Wildman–Crippen MR) is 92.5 cm³/mol. The summed E-state index contributed by atoms with van der Waals surface area (Å²) in [7, 11) is -3.35. The lowest BCUT2D eigenvalue weighted by atomic mass is 10.2. The first-order valence-electron chi connectivity index (χ1n) is 7.58. The largest absolute Gasteiger partial charge is 0.271 e. The highest BCUT2D eigenvalue weighted by atomic mass is 32.2. The second kappa shape index (κ2) is 7.37. The van der Waals surface area contributed by atoms with Crippen LogP contribution in [0.4, 0.5) is 0 Å². The first-order valence-corrected chi connectivity index (χ1v) is 9.24. The molecule has 3 aromatic rings. The van der Waals surface area contributed by atoms with E-state index in [2.05, 4.69) is 14.8 Å². The van der Waals surface area contributed by atoms with Crippen molar-refractivity contribution in [3.8, 4) is 11.4 Å². The zero-order valence-electron chi connectivity index (χ0n) is 13.0. The molecule has 6 nitrogen and oxygen atoms in total. The van der Waals surface area contributed by atoms with E-state index in [4.69, 9.17) is 0 Å². The Morgan fingerprint density at radius 3 is 2.50 bits per heavy atom. The minimum atomic E-state index is -3.35. The summed E-state index contributed by atoms with van der Waals surface area (Å²) >= 11 is 0. The predicted octanol–water partition coefficient (Wildman–Crippen LogP) is 2.06. The maximum atomic E-state index is 12.1. The first kappa shape index (κ1) is 16.4. The summed E-state index contributed by atoms with van der Waals surface area (Å²) in [5.74, 6) is -0.0217. The highest BCUT2D eigenvalue weighted by Crippen LogP contribution is 2.12. The van der Waals surface area contributed by atoms with Crippen LogP contribution in [0.25, 0.3) is 11.4 Å². The van der Waals surface area contributed by atoms with Gasteiger partial charge in [0.25, 0.3) is 0 Å². The molecule has 1 N–H and O–H groups in total. The van der Waals surface area contributed by atoms with Crippen LogP contribution in [0.3, 0.4) is 0 Å². The number of nitrogens with zero attached hydrogens (tertiary/aromatic N) is 3. The van der Waals surface area contributed by atoms with Crippen molar-refractivity contribution in [2.24, 2.45) is 0 Å². The second-order valence-electron chi connectivity index (χ2n) is 5.32. The van der Waals surface area contributed by atoms with Gasteiger partial charge in [-0.25, -0.2) is 13.1 Å². The molecule has 0 bridgehead atoms. The van der Waals surface area contributed by atoms with Crippen LogP contribution >= 0.6 is 0 Å². The fraction of sp³-hybridized carbons (Fsp3) is 0.176. The van der Waals surface area contributed by atoms with E-state index in [-0.39, 0.29) is 5.75 Å².